The Kier molecular flexibility index (Phi) is 8.50. The van der Waals surface area contributed by atoms with Crippen LogP contribution in [0.15, 0.2) is 48.5 Å². The Bertz CT molecular complexity index is 818. The van der Waals surface area contributed by atoms with Gasteiger partial charge in [-0.2, -0.15) is 0 Å². The van der Waals surface area contributed by atoms with Crippen molar-refractivity contribution in [1.82, 2.24) is 0 Å². The minimum absolute atomic E-state index is 0.387. The van der Waals surface area contributed by atoms with Crippen molar-refractivity contribution in [2.24, 2.45) is 0 Å². The number of carbonyl (C=O) groups excluding carboxylic acids is 3. The molecule has 2 aromatic carbocycles. The largest absolute Gasteiger partial charge is 0.466 e. The first kappa shape index (κ1) is 21.7. The molecule has 0 saturated heterocycles. The Hall–Kier alpha value is -3.55. The highest BCUT2D eigenvalue weighted by atomic mass is 16.6. The lowest BCUT2D eigenvalue weighted by Gasteiger charge is -2.08. The molecule has 0 aliphatic rings. The van der Waals surface area contributed by atoms with Crippen molar-refractivity contribution in [3.8, 4) is 0 Å². The van der Waals surface area contributed by atoms with E-state index in [0.29, 0.717) is 24.4 Å². The molecule has 0 unspecified atom stereocenters. The number of amides is 2. The van der Waals surface area contributed by atoms with Gasteiger partial charge in [-0.25, -0.2) is 14.4 Å². The first-order chi connectivity index (χ1) is 14.0. The highest BCUT2D eigenvalue weighted by Gasteiger charge is 2.08. The predicted molar refractivity (Wildman–Crippen MR) is 108 cm³/mol. The Morgan fingerprint density at radius 2 is 1.28 bits per heavy atom. The molecule has 2 rings (SSSR count). The van der Waals surface area contributed by atoms with Gasteiger partial charge in [0, 0.05) is 11.4 Å². The zero-order valence-electron chi connectivity index (χ0n) is 16.4. The number of carbonyl (C=O) groups is 3. The maximum atomic E-state index is 11.6. The van der Waals surface area contributed by atoms with E-state index in [4.69, 9.17) is 9.47 Å². The molecule has 0 bridgehead atoms. The number of anilines is 2. The molecule has 0 aliphatic carbocycles. The summed E-state index contributed by atoms with van der Waals surface area (Å²) in [7, 11) is 1.22. The van der Waals surface area contributed by atoms with E-state index in [2.05, 4.69) is 15.4 Å². The lowest BCUT2D eigenvalue weighted by atomic mass is 10.0. The quantitative estimate of drug-likeness (QED) is 0.514. The summed E-state index contributed by atoms with van der Waals surface area (Å²) in [6.45, 7) is 1.88. The van der Waals surface area contributed by atoms with Crippen LogP contribution in [0.2, 0.25) is 0 Å². The van der Waals surface area contributed by atoms with E-state index in [1.807, 2.05) is 43.3 Å². The van der Waals surface area contributed by atoms with Gasteiger partial charge in [0.05, 0.1) is 13.7 Å². The summed E-state index contributed by atoms with van der Waals surface area (Å²) in [5.41, 5.74) is 3.32. The molecule has 0 aromatic heterocycles. The fourth-order valence-electron chi connectivity index (χ4n) is 2.33. The number of hydrogen-bond donors (Lipinski definition) is 2. The number of esters is 1. The van der Waals surface area contributed by atoms with Gasteiger partial charge in [0.2, 0.25) is 0 Å². The summed E-state index contributed by atoms with van der Waals surface area (Å²) in [5, 5.41) is 5.20. The summed E-state index contributed by atoms with van der Waals surface area (Å²) in [4.78, 5) is 34.1. The number of ether oxygens (including phenoxy) is 3. The molecule has 0 spiro atoms. The van der Waals surface area contributed by atoms with Gasteiger partial charge in [-0.3, -0.25) is 10.6 Å². The van der Waals surface area contributed by atoms with E-state index in [1.165, 1.54) is 7.11 Å². The van der Waals surface area contributed by atoms with E-state index in [0.717, 1.165) is 17.5 Å². The maximum Gasteiger partial charge on any atom is 0.412 e. The van der Waals surface area contributed by atoms with E-state index >= 15 is 0 Å². The molecule has 8 heteroatoms. The molecular weight excluding hydrogens is 376 g/mol. The third kappa shape index (κ3) is 7.92. The molecule has 0 radical (unpaired) electrons. The summed E-state index contributed by atoms with van der Waals surface area (Å²) in [5.74, 6) is -0.630. The van der Waals surface area contributed by atoms with Gasteiger partial charge in [0.1, 0.15) is 0 Å². The molecule has 2 amide bonds. The second-order valence-corrected chi connectivity index (χ2v) is 6.11. The molecule has 154 valence electrons. The average molecular weight is 400 g/mol. The van der Waals surface area contributed by atoms with Crippen molar-refractivity contribution < 1.29 is 28.6 Å². The van der Waals surface area contributed by atoms with Crippen LogP contribution >= 0.6 is 0 Å². The van der Waals surface area contributed by atoms with Crippen LogP contribution in [0, 0.1) is 0 Å². The fraction of sp³-hybridized carbons (Fsp3) is 0.286. The summed E-state index contributed by atoms with van der Waals surface area (Å²) >= 11 is 0. The fourth-order valence-corrected chi connectivity index (χ4v) is 2.33. The minimum atomic E-state index is -0.733. The number of nitrogens with one attached hydrogen (secondary N) is 2. The topological polar surface area (TPSA) is 103 Å². The lowest BCUT2D eigenvalue weighted by Crippen LogP contribution is -2.19. The molecule has 0 heterocycles. The van der Waals surface area contributed by atoms with E-state index < -0.39 is 24.8 Å². The van der Waals surface area contributed by atoms with Gasteiger partial charge in [0.15, 0.2) is 6.61 Å². The molecule has 8 nitrogen and oxygen atoms in total. The van der Waals surface area contributed by atoms with Crippen molar-refractivity contribution in [3.63, 3.8) is 0 Å². The van der Waals surface area contributed by atoms with Crippen LogP contribution in [0.1, 0.15) is 24.5 Å². The van der Waals surface area contributed by atoms with Crippen molar-refractivity contribution in [2.75, 3.05) is 31.0 Å². The summed E-state index contributed by atoms with van der Waals surface area (Å²) < 4.78 is 14.1. The monoisotopic (exact) mass is 400 g/mol. The number of rotatable bonds is 8. The van der Waals surface area contributed by atoms with Crippen molar-refractivity contribution in [2.45, 2.75) is 19.8 Å². The van der Waals surface area contributed by atoms with Crippen molar-refractivity contribution in [3.05, 3.63) is 59.7 Å². The van der Waals surface area contributed by atoms with Crippen LogP contribution in [-0.2, 0) is 25.4 Å². The van der Waals surface area contributed by atoms with Crippen LogP contribution in [-0.4, -0.2) is 38.5 Å². The van der Waals surface area contributed by atoms with E-state index in [1.54, 1.807) is 12.1 Å². The molecule has 2 aromatic rings. The molecule has 0 atom stereocenters. The number of methoxy groups -OCH3 is 1. The molecular formula is C21H24N2O6. The summed E-state index contributed by atoms with van der Waals surface area (Å²) in [6, 6.07) is 14.7. The Balaban J connectivity index is 1.83. The van der Waals surface area contributed by atoms with Gasteiger partial charge >= 0.3 is 18.2 Å². The van der Waals surface area contributed by atoms with Crippen molar-refractivity contribution in [1.29, 1.82) is 0 Å². The van der Waals surface area contributed by atoms with Gasteiger partial charge < -0.3 is 14.2 Å². The van der Waals surface area contributed by atoms with E-state index in [9.17, 15) is 14.4 Å². The summed E-state index contributed by atoms with van der Waals surface area (Å²) in [6.07, 6.45) is 0.264. The number of hydrogen-bond acceptors (Lipinski definition) is 6. The predicted octanol–water partition coefficient (Wildman–Crippen LogP) is 3.96. The first-order valence-electron chi connectivity index (χ1n) is 9.12. The van der Waals surface area contributed by atoms with Gasteiger partial charge in [-0.05, 0) is 48.2 Å². The third-order valence-electron chi connectivity index (χ3n) is 3.79. The highest BCUT2D eigenvalue weighted by molar-refractivity contribution is 5.86. The normalized spacial score (nSPS) is 10.0. The zero-order valence-corrected chi connectivity index (χ0v) is 16.4. The molecule has 0 saturated carbocycles. The van der Waals surface area contributed by atoms with Gasteiger partial charge in [0.25, 0.3) is 0 Å². The first-order valence-corrected chi connectivity index (χ1v) is 9.12. The van der Waals surface area contributed by atoms with Crippen molar-refractivity contribution >= 4 is 29.5 Å². The zero-order chi connectivity index (χ0) is 21.1. The minimum Gasteiger partial charge on any atom is -0.466 e. The van der Waals surface area contributed by atoms with Crippen LogP contribution < -0.4 is 10.6 Å². The average Bonchev–Trinajstić information content (AvgIpc) is 2.73. The second kappa shape index (κ2) is 11.3. The maximum absolute atomic E-state index is 11.6. The Labute approximate surface area is 169 Å². The molecule has 2 N–H and O–H groups in total. The highest BCUT2D eigenvalue weighted by Crippen LogP contribution is 2.16. The SMILES string of the molecule is CCCOC(=O)Nc1ccc(Cc2ccc(NC(=O)OCC(=O)OC)cc2)cc1. The van der Waals surface area contributed by atoms with Crippen LogP contribution in [0.3, 0.4) is 0 Å². The third-order valence-corrected chi connectivity index (χ3v) is 3.79. The van der Waals surface area contributed by atoms with Crippen LogP contribution in [0.4, 0.5) is 21.0 Å². The smallest absolute Gasteiger partial charge is 0.412 e. The Morgan fingerprint density at radius 3 is 1.72 bits per heavy atom. The number of benzene rings is 2. The van der Waals surface area contributed by atoms with Gasteiger partial charge in [-0.1, -0.05) is 31.2 Å². The molecule has 0 aliphatic heterocycles. The van der Waals surface area contributed by atoms with E-state index in [-0.39, 0.29) is 0 Å². The Morgan fingerprint density at radius 1 is 0.793 bits per heavy atom. The lowest BCUT2D eigenvalue weighted by molar-refractivity contribution is -0.143. The standard InChI is InChI=1S/C21H24N2O6/c1-3-12-28-20(25)22-17-8-4-15(5-9-17)13-16-6-10-18(11-7-16)23-21(26)29-14-19(24)27-2/h4-11H,3,12-14H2,1-2H3,(H,22,25)(H,23,26). The van der Waals surface area contributed by atoms with Gasteiger partial charge in [-0.15, -0.1) is 0 Å². The van der Waals surface area contributed by atoms with Crippen LogP contribution in [0.25, 0.3) is 0 Å². The van der Waals surface area contributed by atoms with Crippen LogP contribution in [0.5, 0.6) is 0 Å². The molecule has 0 fully saturated rings. The second-order valence-electron chi connectivity index (χ2n) is 6.11. The molecule has 29 heavy (non-hydrogen) atoms.